The van der Waals surface area contributed by atoms with Gasteiger partial charge in [-0.3, -0.25) is 4.99 Å². The van der Waals surface area contributed by atoms with Crippen molar-refractivity contribution in [2.75, 3.05) is 46.9 Å². The van der Waals surface area contributed by atoms with Crippen LogP contribution in [0.3, 0.4) is 0 Å². The summed E-state index contributed by atoms with van der Waals surface area (Å²) in [4.78, 5) is 6.89. The van der Waals surface area contributed by atoms with Gasteiger partial charge >= 0.3 is 0 Å². The number of nitrogens with zero attached hydrogens (tertiary/aromatic N) is 2. The molecule has 0 radical (unpaired) electrons. The Morgan fingerprint density at radius 2 is 2.00 bits per heavy atom. The van der Waals surface area contributed by atoms with Crippen LogP contribution in [0.15, 0.2) is 33.7 Å². The number of piperidine rings is 1. The number of halogens is 1. The molecule has 0 aromatic heterocycles. The molecule has 0 aliphatic carbocycles. The Bertz CT molecular complexity index is 583. The van der Waals surface area contributed by atoms with Crippen molar-refractivity contribution < 1.29 is 4.74 Å². The van der Waals surface area contributed by atoms with Crippen molar-refractivity contribution in [3.63, 3.8) is 0 Å². The molecule has 26 heavy (non-hydrogen) atoms. The van der Waals surface area contributed by atoms with Crippen LogP contribution < -0.4 is 10.6 Å². The second kappa shape index (κ2) is 10.3. The summed E-state index contributed by atoms with van der Waals surface area (Å²) in [6, 6.07) is 8.90. The van der Waals surface area contributed by atoms with Gasteiger partial charge in [0.05, 0.1) is 6.61 Å². The highest BCUT2D eigenvalue weighted by atomic mass is 79.9. The van der Waals surface area contributed by atoms with Gasteiger partial charge in [0, 0.05) is 56.3 Å². The van der Waals surface area contributed by atoms with Crippen molar-refractivity contribution in [1.29, 1.82) is 0 Å². The monoisotopic (exact) mass is 424 g/mol. The molecule has 1 aliphatic rings. The van der Waals surface area contributed by atoms with E-state index in [1.165, 1.54) is 5.56 Å². The Morgan fingerprint density at radius 3 is 2.62 bits per heavy atom. The van der Waals surface area contributed by atoms with E-state index >= 15 is 0 Å². The summed E-state index contributed by atoms with van der Waals surface area (Å²) >= 11 is 3.67. The fourth-order valence-corrected chi connectivity index (χ4v) is 4.14. The third-order valence-electron chi connectivity index (χ3n) is 5.06. The van der Waals surface area contributed by atoms with Crippen LogP contribution >= 0.6 is 15.9 Å². The molecule has 0 bridgehead atoms. The molecule has 0 atom stereocenters. The van der Waals surface area contributed by atoms with Gasteiger partial charge in [0.2, 0.25) is 0 Å². The van der Waals surface area contributed by atoms with Gasteiger partial charge in [-0.1, -0.05) is 48.0 Å². The predicted molar refractivity (Wildman–Crippen MR) is 113 cm³/mol. The lowest BCUT2D eigenvalue weighted by Crippen LogP contribution is -2.50. The molecule has 1 fully saturated rings. The molecule has 0 spiro atoms. The van der Waals surface area contributed by atoms with E-state index in [9.17, 15) is 0 Å². The number of methoxy groups -OCH3 is 1. The number of guanidine groups is 1. The Balaban J connectivity index is 1.82. The number of hydrogen-bond acceptors (Lipinski definition) is 3. The Hall–Kier alpha value is -1.11. The molecule has 1 saturated heterocycles. The van der Waals surface area contributed by atoms with E-state index in [0.717, 1.165) is 56.1 Å². The van der Waals surface area contributed by atoms with Crippen LogP contribution in [0.1, 0.15) is 32.3 Å². The van der Waals surface area contributed by atoms with E-state index in [4.69, 9.17) is 4.74 Å². The van der Waals surface area contributed by atoms with Crippen molar-refractivity contribution in [3.05, 3.63) is 34.3 Å². The first kappa shape index (κ1) is 21.2. The second-order valence-electron chi connectivity index (χ2n) is 7.54. The van der Waals surface area contributed by atoms with Crippen LogP contribution in [0.2, 0.25) is 0 Å². The van der Waals surface area contributed by atoms with Gasteiger partial charge in [-0.2, -0.15) is 0 Å². The summed E-state index contributed by atoms with van der Waals surface area (Å²) < 4.78 is 6.32. The largest absolute Gasteiger partial charge is 0.383 e. The van der Waals surface area contributed by atoms with E-state index in [1.54, 1.807) is 7.11 Å². The molecule has 1 aromatic rings. The average molecular weight is 425 g/mol. The molecule has 1 aromatic carbocycles. The average Bonchev–Trinajstić information content (AvgIpc) is 2.64. The molecule has 0 amide bonds. The molecule has 146 valence electrons. The van der Waals surface area contributed by atoms with E-state index in [0.29, 0.717) is 6.04 Å². The maximum atomic E-state index is 5.17. The molecule has 6 heteroatoms. The highest BCUT2D eigenvalue weighted by Crippen LogP contribution is 2.29. The van der Waals surface area contributed by atoms with Crippen LogP contribution in [-0.2, 0) is 10.2 Å². The molecular weight excluding hydrogens is 392 g/mol. The van der Waals surface area contributed by atoms with Gasteiger partial charge in [0.25, 0.3) is 0 Å². The first-order valence-corrected chi connectivity index (χ1v) is 10.2. The number of ether oxygens (including phenoxy) is 1. The summed E-state index contributed by atoms with van der Waals surface area (Å²) in [7, 11) is 3.61. The smallest absolute Gasteiger partial charge is 0.191 e. The van der Waals surface area contributed by atoms with Crippen molar-refractivity contribution in [1.82, 2.24) is 15.5 Å². The number of hydrogen-bond donors (Lipinski definition) is 2. The zero-order chi connectivity index (χ0) is 19.0. The van der Waals surface area contributed by atoms with Crippen molar-refractivity contribution in [2.45, 2.75) is 38.1 Å². The third-order valence-corrected chi connectivity index (χ3v) is 5.76. The van der Waals surface area contributed by atoms with Gasteiger partial charge in [0.1, 0.15) is 0 Å². The van der Waals surface area contributed by atoms with Crippen LogP contribution in [0.4, 0.5) is 0 Å². The van der Waals surface area contributed by atoms with Crippen LogP contribution in [0.25, 0.3) is 0 Å². The molecule has 1 heterocycles. The fourth-order valence-electron chi connectivity index (χ4n) is 3.32. The zero-order valence-corrected chi connectivity index (χ0v) is 18.1. The van der Waals surface area contributed by atoms with Gasteiger partial charge in [-0.25, -0.2) is 0 Å². The van der Waals surface area contributed by atoms with Gasteiger partial charge in [-0.15, -0.1) is 0 Å². The predicted octanol–water partition coefficient (Wildman–Crippen LogP) is 3.00. The maximum absolute atomic E-state index is 5.17. The van der Waals surface area contributed by atoms with Gasteiger partial charge in [0.15, 0.2) is 5.96 Å². The number of nitrogens with one attached hydrogen (secondary N) is 2. The molecule has 2 rings (SSSR count). The quantitative estimate of drug-likeness (QED) is 0.521. The summed E-state index contributed by atoms with van der Waals surface area (Å²) in [6.45, 7) is 9.38. The van der Waals surface area contributed by atoms with Gasteiger partial charge in [-0.05, 0) is 24.5 Å². The van der Waals surface area contributed by atoms with Gasteiger partial charge < -0.3 is 20.3 Å². The van der Waals surface area contributed by atoms with E-state index in [-0.39, 0.29) is 5.41 Å². The molecule has 5 nitrogen and oxygen atoms in total. The standard InChI is InChI=1S/C20H33BrN4O/c1-20(2,17-7-5-6-8-18(17)21)15-23-19(22-3)24-16-9-11-25(12-10-16)13-14-26-4/h5-8,16H,9-15H2,1-4H3,(H2,22,23,24). The number of rotatable bonds is 7. The molecule has 1 aliphatic heterocycles. The summed E-state index contributed by atoms with van der Waals surface area (Å²) in [5.74, 6) is 0.889. The lowest BCUT2D eigenvalue weighted by molar-refractivity contribution is 0.128. The first-order valence-electron chi connectivity index (χ1n) is 9.40. The molecule has 2 N–H and O–H groups in total. The Morgan fingerprint density at radius 1 is 1.31 bits per heavy atom. The highest BCUT2D eigenvalue weighted by Gasteiger charge is 2.24. The number of likely N-dealkylation sites (tertiary alicyclic amines) is 1. The fraction of sp³-hybridized carbons (Fsp3) is 0.650. The highest BCUT2D eigenvalue weighted by molar-refractivity contribution is 9.10. The Kier molecular flexibility index (Phi) is 8.38. The molecular formula is C20H33BrN4O. The van der Waals surface area contributed by atoms with Crippen LogP contribution in [0, 0.1) is 0 Å². The van der Waals surface area contributed by atoms with Crippen molar-refractivity contribution in [2.24, 2.45) is 4.99 Å². The molecule has 0 unspecified atom stereocenters. The minimum Gasteiger partial charge on any atom is -0.383 e. The lowest BCUT2D eigenvalue weighted by Gasteiger charge is -2.33. The zero-order valence-electron chi connectivity index (χ0n) is 16.5. The normalized spacial score (nSPS) is 17.3. The SMILES string of the molecule is CN=C(NCC(C)(C)c1ccccc1Br)NC1CCN(CCOC)CC1. The third kappa shape index (κ3) is 6.25. The second-order valence-corrected chi connectivity index (χ2v) is 8.40. The van der Waals surface area contributed by atoms with Crippen molar-refractivity contribution >= 4 is 21.9 Å². The van der Waals surface area contributed by atoms with E-state index < -0.39 is 0 Å². The van der Waals surface area contributed by atoms with E-state index in [2.05, 4.69) is 74.6 Å². The minimum absolute atomic E-state index is 0.00122. The van der Waals surface area contributed by atoms with Crippen LogP contribution in [0.5, 0.6) is 0 Å². The van der Waals surface area contributed by atoms with E-state index in [1.807, 2.05) is 7.05 Å². The van der Waals surface area contributed by atoms with Crippen LogP contribution in [-0.4, -0.2) is 63.8 Å². The minimum atomic E-state index is 0.00122. The van der Waals surface area contributed by atoms with Crippen molar-refractivity contribution in [3.8, 4) is 0 Å². The molecule has 0 saturated carbocycles. The summed E-state index contributed by atoms with van der Waals surface area (Å²) in [6.07, 6.45) is 2.27. The topological polar surface area (TPSA) is 48.9 Å². The maximum Gasteiger partial charge on any atom is 0.191 e. The summed E-state index contributed by atoms with van der Waals surface area (Å²) in [5, 5.41) is 7.10. The summed E-state index contributed by atoms with van der Waals surface area (Å²) in [5.41, 5.74) is 1.30. The number of benzene rings is 1. The number of aliphatic imine (C=N–C) groups is 1. The Labute approximate surface area is 166 Å². The first-order chi connectivity index (χ1) is 12.5. The lowest BCUT2D eigenvalue weighted by atomic mass is 9.84.